The van der Waals surface area contributed by atoms with Crippen LogP contribution in [0.25, 0.3) is 0 Å². The predicted molar refractivity (Wildman–Crippen MR) is 68.8 cm³/mol. The predicted octanol–water partition coefficient (Wildman–Crippen LogP) is 2.44. The Morgan fingerprint density at radius 3 is 3.00 bits per heavy atom. The maximum absolute atomic E-state index is 9.35. The van der Waals surface area contributed by atoms with E-state index in [0.717, 1.165) is 5.75 Å². The minimum absolute atomic E-state index is 0.283. The van der Waals surface area contributed by atoms with E-state index in [4.69, 9.17) is 0 Å². The molecule has 0 saturated heterocycles. The summed E-state index contributed by atoms with van der Waals surface area (Å²) in [5.74, 6) is 1.76. The molecule has 0 radical (unpaired) electrons. The topological polar surface area (TPSA) is 32.3 Å². The van der Waals surface area contributed by atoms with Crippen molar-refractivity contribution < 1.29 is 5.11 Å². The molecule has 88 valence electrons. The van der Waals surface area contributed by atoms with Gasteiger partial charge in [-0.15, -0.1) is 11.8 Å². The largest absolute Gasteiger partial charge is 0.392 e. The fourth-order valence-corrected chi connectivity index (χ4v) is 3.27. The number of fused-ring (bicyclic) bond motifs is 1. The number of thioether (sulfide) groups is 1. The monoisotopic (exact) mass is 237 g/mol. The number of hydrogen-bond acceptors (Lipinski definition) is 3. The van der Waals surface area contributed by atoms with Gasteiger partial charge in [-0.1, -0.05) is 25.1 Å². The van der Waals surface area contributed by atoms with Crippen molar-refractivity contribution in [1.82, 2.24) is 5.32 Å². The van der Waals surface area contributed by atoms with Gasteiger partial charge in [0.2, 0.25) is 0 Å². The molecule has 0 bridgehead atoms. The molecule has 16 heavy (non-hydrogen) atoms. The molecule has 2 rings (SSSR count). The molecule has 1 aliphatic rings. The SMILES string of the molecule is CC(O)CNC1c2ccccc2SCC1C. The summed E-state index contributed by atoms with van der Waals surface area (Å²) in [7, 11) is 0. The van der Waals surface area contributed by atoms with Crippen LogP contribution < -0.4 is 5.32 Å². The van der Waals surface area contributed by atoms with E-state index in [-0.39, 0.29) is 6.10 Å². The number of rotatable bonds is 3. The Balaban J connectivity index is 2.16. The van der Waals surface area contributed by atoms with E-state index in [1.807, 2.05) is 18.7 Å². The van der Waals surface area contributed by atoms with Crippen LogP contribution in [0.15, 0.2) is 29.2 Å². The van der Waals surface area contributed by atoms with Crippen molar-refractivity contribution in [3.05, 3.63) is 29.8 Å². The number of benzene rings is 1. The molecule has 1 aromatic carbocycles. The Morgan fingerprint density at radius 2 is 2.25 bits per heavy atom. The third-order valence-corrected chi connectivity index (χ3v) is 4.33. The molecule has 3 unspecified atom stereocenters. The van der Waals surface area contributed by atoms with Crippen LogP contribution in [0.4, 0.5) is 0 Å². The molecule has 1 aromatic rings. The molecule has 2 N–H and O–H groups in total. The van der Waals surface area contributed by atoms with E-state index in [1.54, 1.807) is 0 Å². The number of aliphatic hydroxyl groups is 1. The summed E-state index contributed by atoms with van der Waals surface area (Å²) in [6.07, 6.45) is -0.283. The fourth-order valence-electron chi connectivity index (χ4n) is 2.10. The van der Waals surface area contributed by atoms with Crippen LogP contribution in [-0.2, 0) is 0 Å². The third-order valence-electron chi connectivity index (χ3n) is 2.96. The number of aliphatic hydroxyl groups excluding tert-OH is 1. The molecular formula is C13H19NOS. The van der Waals surface area contributed by atoms with Gasteiger partial charge in [-0.3, -0.25) is 0 Å². The molecule has 3 heteroatoms. The van der Waals surface area contributed by atoms with E-state index in [9.17, 15) is 5.11 Å². The molecule has 0 spiro atoms. The zero-order valence-electron chi connectivity index (χ0n) is 9.81. The molecule has 3 atom stereocenters. The van der Waals surface area contributed by atoms with E-state index in [0.29, 0.717) is 18.5 Å². The summed E-state index contributed by atoms with van der Waals surface area (Å²) in [6, 6.07) is 8.94. The number of nitrogens with one attached hydrogen (secondary N) is 1. The van der Waals surface area contributed by atoms with Gasteiger partial charge >= 0.3 is 0 Å². The van der Waals surface area contributed by atoms with Gasteiger partial charge in [0, 0.05) is 23.2 Å². The van der Waals surface area contributed by atoms with Gasteiger partial charge in [0.1, 0.15) is 0 Å². The van der Waals surface area contributed by atoms with Crippen LogP contribution in [0.1, 0.15) is 25.5 Å². The van der Waals surface area contributed by atoms with Crippen LogP contribution in [0.3, 0.4) is 0 Å². The first-order chi connectivity index (χ1) is 7.68. The maximum Gasteiger partial charge on any atom is 0.0636 e. The van der Waals surface area contributed by atoms with Crippen molar-refractivity contribution in [1.29, 1.82) is 0 Å². The summed E-state index contributed by atoms with van der Waals surface area (Å²) in [5.41, 5.74) is 1.38. The van der Waals surface area contributed by atoms with Crippen LogP contribution >= 0.6 is 11.8 Å². The highest BCUT2D eigenvalue weighted by molar-refractivity contribution is 7.99. The Morgan fingerprint density at radius 1 is 1.50 bits per heavy atom. The molecule has 2 nitrogen and oxygen atoms in total. The van der Waals surface area contributed by atoms with E-state index in [1.165, 1.54) is 10.5 Å². The lowest BCUT2D eigenvalue weighted by Crippen LogP contribution is -2.35. The fraction of sp³-hybridized carbons (Fsp3) is 0.538. The van der Waals surface area contributed by atoms with Crippen LogP contribution in [0.2, 0.25) is 0 Å². The molecule has 0 fully saturated rings. The first-order valence-electron chi connectivity index (χ1n) is 5.81. The van der Waals surface area contributed by atoms with Gasteiger partial charge in [0.25, 0.3) is 0 Å². The van der Waals surface area contributed by atoms with Crippen molar-refractivity contribution in [2.45, 2.75) is 30.9 Å². The zero-order chi connectivity index (χ0) is 11.5. The maximum atomic E-state index is 9.35. The molecule has 1 aliphatic heterocycles. The summed E-state index contributed by atoms with van der Waals surface area (Å²) in [5, 5.41) is 12.8. The lowest BCUT2D eigenvalue weighted by molar-refractivity contribution is 0.181. The van der Waals surface area contributed by atoms with Crippen molar-refractivity contribution >= 4 is 11.8 Å². The second kappa shape index (κ2) is 5.21. The molecule has 0 amide bonds. The zero-order valence-corrected chi connectivity index (χ0v) is 10.6. The van der Waals surface area contributed by atoms with Gasteiger partial charge in [-0.05, 0) is 24.5 Å². The van der Waals surface area contributed by atoms with E-state index in [2.05, 4.69) is 36.5 Å². The smallest absolute Gasteiger partial charge is 0.0636 e. The van der Waals surface area contributed by atoms with Crippen LogP contribution in [0.5, 0.6) is 0 Å². The standard InChI is InChI=1S/C13H19NOS/c1-9-8-16-12-6-4-3-5-11(12)13(9)14-7-10(2)15/h3-6,9-10,13-15H,7-8H2,1-2H3. The van der Waals surface area contributed by atoms with Crippen molar-refractivity contribution in [3.8, 4) is 0 Å². The van der Waals surface area contributed by atoms with Gasteiger partial charge in [-0.25, -0.2) is 0 Å². The number of hydrogen-bond donors (Lipinski definition) is 2. The molecule has 1 heterocycles. The van der Waals surface area contributed by atoms with Crippen LogP contribution in [0, 0.1) is 5.92 Å². The minimum atomic E-state index is -0.283. The Kier molecular flexibility index (Phi) is 3.90. The Labute approximate surface area is 101 Å². The molecule has 0 aromatic heterocycles. The second-order valence-electron chi connectivity index (χ2n) is 4.56. The van der Waals surface area contributed by atoms with Gasteiger partial charge in [0.15, 0.2) is 0 Å². The highest BCUT2D eigenvalue weighted by Crippen LogP contribution is 2.39. The summed E-state index contributed by atoms with van der Waals surface area (Å²) < 4.78 is 0. The average Bonchev–Trinajstić information content (AvgIpc) is 2.27. The average molecular weight is 237 g/mol. The Bertz CT molecular complexity index is 354. The van der Waals surface area contributed by atoms with Crippen LogP contribution in [-0.4, -0.2) is 23.5 Å². The summed E-state index contributed by atoms with van der Waals surface area (Å²) in [4.78, 5) is 1.38. The van der Waals surface area contributed by atoms with Gasteiger partial charge in [-0.2, -0.15) is 0 Å². The van der Waals surface area contributed by atoms with Crippen molar-refractivity contribution in [2.75, 3.05) is 12.3 Å². The van der Waals surface area contributed by atoms with Gasteiger partial charge < -0.3 is 10.4 Å². The summed E-state index contributed by atoms with van der Waals surface area (Å²) >= 11 is 1.93. The van der Waals surface area contributed by atoms with E-state index < -0.39 is 0 Å². The third kappa shape index (κ3) is 2.59. The Hall–Kier alpha value is -0.510. The highest BCUT2D eigenvalue weighted by atomic mass is 32.2. The molecule has 0 aliphatic carbocycles. The highest BCUT2D eigenvalue weighted by Gasteiger charge is 2.26. The first kappa shape index (κ1) is 12.0. The quantitative estimate of drug-likeness (QED) is 0.847. The molecule has 0 saturated carbocycles. The lowest BCUT2D eigenvalue weighted by Gasteiger charge is -2.32. The van der Waals surface area contributed by atoms with Crippen molar-refractivity contribution in [3.63, 3.8) is 0 Å². The van der Waals surface area contributed by atoms with E-state index >= 15 is 0 Å². The van der Waals surface area contributed by atoms with Crippen molar-refractivity contribution in [2.24, 2.45) is 5.92 Å². The second-order valence-corrected chi connectivity index (χ2v) is 5.62. The first-order valence-corrected chi connectivity index (χ1v) is 6.80. The lowest BCUT2D eigenvalue weighted by atomic mass is 9.95. The normalized spacial score (nSPS) is 26.2. The minimum Gasteiger partial charge on any atom is -0.392 e. The summed E-state index contributed by atoms with van der Waals surface area (Å²) in [6.45, 7) is 4.75. The molecular weight excluding hydrogens is 218 g/mol. The van der Waals surface area contributed by atoms with Gasteiger partial charge in [0.05, 0.1) is 6.10 Å².